The molecule has 1 aliphatic heterocycles. The van der Waals surface area contributed by atoms with Crippen LogP contribution in [0, 0.1) is 3.57 Å². The average Bonchev–Trinajstić information content (AvgIpc) is 2.73. The number of hydrogen-bond donors (Lipinski definition) is 0. The van der Waals surface area contributed by atoms with Crippen LogP contribution >= 0.6 is 34.2 Å². The summed E-state index contributed by atoms with van der Waals surface area (Å²) in [6.07, 6.45) is 3.23. The number of nitrogens with zero attached hydrogens (tertiary/aromatic N) is 1. The molecule has 0 bridgehead atoms. The molecule has 0 saturated carbocycles. The Morgan fingerprint density at radius 1 is 1.50 bits per heavy atom. The first-order valence-electron chi connectivity index (χ1n) is 6.32. The fourth-order valence-electron chi connectivity index (χ4n) is 2.62. The Morgan fingerprint density at radius 2 is 2.22 bits per heavy atom. The van der Waals surface area contributed by atoms with Gasteiger partial charge in [0.15, 0.2) is 0 Å². The third-order valence-electron chi connectivity index (χ3n) is 3.66. The Hall–Kier alpha value is -0.290. The summed E-state index contributed by atoms with van der Waals surface area (Å²) >= 11 is 8.26. The lowest BCUT2D eigenvalue weighted by Crippen LogP contribution is -2.39. The summed E-state index contributed by atoms with van der Waals surface area (Å²) in [5.74, 6) is 0.116. The van der Waals surface area contributed by atoms with Gasteiger partial charge in [-0.15, -0.1) is 0 Å². The van der Waals surface area contributed by atoms with Gasteiger partial charge in [-0.1, -0.05) is 18.5 Å². The molecule has 1 saturated heterocycles. The Bertz CT molecular complexity index is 463. The van der Waals surface area contributed by atoms with Crippen molar-refractivity contribution in [1.82, 2.24) is 4.90 Å². The molecule has 18 heavy (non-hydrogen) atoms. The molecule has 0 N–H and O–H groups in total. The lowest BCUT2D eigenvalue weighted by atomic mass is 10.1. The lowest BCUT2D eigenvalue weighted by molar-refractivity contribution is 0.0676. The zero-order valence-electron chi connectivity index (χ0n) is 10.6. The highest BCUT2D eigenvalue weighted by atomic mass is 127. The predicted octanol–water partition coefficient (Wildman–Crippen LogP) is 4.35. The number of hydrogen-bond acceptors (Lipinski definition) is 1. The van der Waals surface area contributed by atoms with Crippen LogP contribution in [0.25, 0.3) is 0 Å². The Balaban J connectivity index is 2.27. The number of halogens is 2. The molecule has 4 heteroatoms. The maximum atomic E-state index is 12.6. The molecule has 2 nitrogen and oxygen atoms in total. The van der Waals surface area contributed by atoms with E-state index in [0.29, 0.717) is 22.7 Å². The molecule has 0 aromatic heterocycles. The van der Waals surface area contributed by atoms with E-state index in [4.69, 9.17) is 11.6 Å². The van der Waals surface area contributed by atoms with E-state index in [2.05, 4.69) is 36.4 Å². The Morgan fingerprint density at radius 3 is 2.83 bits per heavy atom. The van der Waals surface area contributed by atoms with Crippen molar-refractivity contribution in [3.8, 4) is 0 Å². The molecular formula is C14H17ClINO. The molecule has 2 atom stereocenters. The highest BCUT2D eigenvalue weighted by Crippen LogP contribution is 2.29. The van der Waals surface area contributed by atoms with Gasteiger partial charge in [0, 0.05) is 21.2 Å². The first kappa shape index (κ1) is 14.1. The minimum atomic E-state index is 0.116. The average molecular weight is 378 g/mol. The van der Waals surface area contributed by atoms with Gasteiger partial charge < -0.3 is 4.90 Å². The first-order valence-corrected chi connectivity index (χ1v) is 7.78. The van der Waals surface area contributed by atoms with Crippen LogP contribution in [0.3, 0.4) is 0 Å². The monoisotopic (exact) mass is 377 g/mol. The van der Waals surface area contributed by atoms with E-state index < -0.39 is 0 Å². The lowest BCUT2D eigenvalue weighted by Gasteiger charge is -2.28. The number of rotatable bonds is 2. The predicted molar refractivity (Wildman–Crippen MR) is 83.1 cm³/mol. The van der Waals surface area contributed by atoms with Crippen LogP contribution in [0.2, 0.25) is 5.02 Å². The van der Waals surface area contributed by atoms with Gasteiger partial charge in [-0.3, -0.25) is 4.79 Å². The van der Waals surface area contributed by atoms with Crippen molar-refractivity contribution in [2.75, 3.05) is 0 Å². The van der Waals surface area contributed by atoms with Crippen molar-refractivity contribution in [3.05, 3.63) is 32.4 Å². The molecule has 1 aromatic carbocycles. The van der Waals surface area contributed by atoms with Crippen molar-refractivity contribution in [3.63, 3.8) is 0 Å². The van der Waals surface area contributed by atoms with E-state index >= 15 is 0 Å². The third-order valence-corrected chi connectivity index (χ3v) is 5.23. The smallest absolute Gasteiger partial charge is 0.254 e. The maximum absolute atomic E-state index is 12.6. The molecule has 2 unspecified atom stereocenters. The van der Waals surface area contributed by atoms with E-state index in [1.165, 1.54) is 0 Å². The molecule has 0 aliphatic carbocycles. The van der Waals surface area contributed by atoms with Crippen LogP contribution in [0.4, 0.5) is 0 Å². The van der Waals surface area contributed by atoms with Crippen molar-refractivity contribution >= 4 is 40.1 Å². The minimum absolute atomic E-state index is 0.116. The van der Waals surface area contributed by atoms with Crippen molar-refractivity contribution in [2.24, 2.45) is 0 Å². The third kappa shape index (κ3) is 2.67. The highest BCUT2D eigenvalue weighted by molar-refractivity contribution is 14.1. The molecule has 98 valence electrons. The summed E-state index contributed by atoms with van der Waals surface area (Å²) < 4.78 is 0.979. The Labute approximate surface area is 127 Å². The van der Waals surface area contributed by atoms with Crippen molar-refractivity contribution < 1.29 is 4.79 Å². The number of carbonyl (C=O) groups is 1. The normalized spacial score (nSPS) is 23.4. The van der Waals surface area contributed by atoms with Gasteiger partial charge in [-0.05, 0) is 67.0 Å². The molecule has 0 spiro atoms. The highest BCUT2D eigenvalue weighted by Gasteiger charge is 2.33. The van der Waals surface area contributed by atoms with Gasteiger partial charge in [0.25, 0.3) is 5.91 Å². The maximum Gasteiger partial charge on any atom is 0.254 e. The van der Waals surface area contributed by atoms with Gasteiger partial charge in [0.05, 0.1) is 5.02 Å². The quantitative estimate of drug-likeness (QED) is 0.702. The van der Waals surface area contributed by atoms with Gasteiger partial charge in [0.2, 0.25) is 0 Å². The second-order valence-corrected chi connectivity index (χ2v) is 6.40. The van der Waals surface area contributed by atoms with Gasteiger partial charge in [-0.25, -0.2) is 0 Å². The summed E-state index contributed by atoms with van der Waals surface area (Å²) in [4.78, 5) is 14.6. The zero-order valence-corrected chi connectivity index (χ0v) is 13.5. The van der Waals surface area contributed by atoms with Crippen LogP contribution in [-0.4, -0.2) is 22.9 Å². The molecule has 1 amide bonds. The SMILES string of the molecule is CCC1CCC(C)N1C(=O)c1ccc(I)c(Cl)c1. The summed E-state index contributed by atoms with van der Waals surface area (Å²) in [5.41, 5.74) is 0.701. The fourth-order valence-corrected chi connectivity index (χ4v) is 3.13. The van der Waals surface area contributed by atoms with Crippen molar-refractivity contribution in [1.29, 1.82) is 0 Å². The van der Waals surface area contributed by atoms with Gasteiger partial charge >= 0.3 is 0 Å². The molecule has 2 rings (SSSR count). The van der Waals surface area contributed by atoms with Crippen LogP contribution in [-0.2, 0) is 0 Å². The van der Waals surface area contributed by atoms with E-state index in [1.54, 1.807) is 6.07 Å². The molecule has 1 aliphatic rings. The number of benzene rings is 1. The van der Waals surface area contributed by atoms with Gasteiger partial charge in [0.1, 0.15) is 0 Å². The van der Waals surface area contributed by atoms with E-state index in [0.717, 1.165) is 22.8 Å². The minimum Gasteiger partial charge on any atom is -0.333 e. The zero-order chi connectivity index (χ0) is 13.3. The largest absolute Gasteiger partial charge is 0.333 e. The van der Waals surface area contributed by atoms with Crippen LogP contribution in [0.1, 0.15) is 43.5 Å². The molecule has 0 radical (unpaired) electrons. The Kier molecular flexibility index (Phi) is 4.54. The summed E-state index contributed by atoms with van der Waals surface area (Å²) in [6, 6.07) is 6.26. The molecule has 1 heterocycles. The van der Waals surface area contributed by atoms with E-state index in [9.17, 15) is 4.79 Å². The standard InChI is InChI=1S/C14H17ClINO/c1-3-11-6-4-9(2)17(11)14(18)10-5-7-13(16)12(15)8-10/h5,7-9,11H,3-4,6H2,1-2H3. The molecule has 1 fully saturated rings. The van der Waals surface area contributed by atoms with Gasteiger partial charge in [-0.2, -0.15) is 0 Å². The number of likely N-dealkylation sites (tertiary alicyclic amines) is 1. The number of amides is 1. The second kappa shape index (κ2) is 5.78. The first-order chi connectivity index (χ1) is 8.54. The van der Waals surface area contributed by atoms with E-state index in [1.807, 2.05) is 17.0 Å². The summed E-state index contributed by atoms with van der Waals surface area (Å²) in [7, 11) is 0. The second-order valence-electron chi connectivity index (χ2n) is 4.83. The summed E-state index contributed by atoms with van der Waals surface area (Å²) in [5, 5.41) is 0.654. The van der Waals surface area contributed by atoms with Crippen LogP contribution in [0.5, 0.6) is 0 Å². The van der Waals surface area contributed by atoms with E-state index in [-0.39, 0.29) is 5.91 Å². The molecule has 1 aromatic rings. The van der Waals surface area contributed by atoms with Crippen LogP contribution < -0.4 is 0 Å². The topological polar surface area (TPSA) is 20.3 Å². The summed E-state index contributed by atoms with van der Waals surface area (Å²) in [6.45, 7) is 4.27. The fraction of sp³-hybridized carbons (Fsp3) is 0.500. The number of carbonyl (C=O) groups excluding carboxylic acids is 1. The van der Waals surface area contributed by atoms with Crippen molar-refractivity contribution in [2.45, 2.75) is 45.2 Å². The van der Waals surface area contributed by atoms with Crippen LogP contribution in [0.15, 0.2) is 18.2 Å². The molecular weight excluding hydrogens is 361 g/mol.